The van der Waals surface area contributed by atoms with Crippen molar-refractivity contribution in [3.8, 4) is 0 Å². The molecule has 0 saturated carbocycles. The Labute approximate surface area is 97.5 Å². The molecule has 2 rings (SSSR count). The van der Waals surface area contributed by atoms with Crippen molar-refractivity contribution in [2.75, 3.05) is 0 Å². The normalized spacial score (nSPS) is 12.3. The lowest BCUT2D eigenvalue weighted by Gasteiger charge is -2.17. The molecule has 80 valence electrons. The van der Waals surface area contributed by atoms with Gasteiger partial charge in [0.25, 0.3) is 8.05 Å². The third kappa shape index (κ3) is 2.34. The maximum atomic E-state index is 5.56. The fourth-order valence-electron chi connectivity index (χ4n) is 1.83. The van der Waals surface area contributed by atoms with E-state index in [0.717, 1.165) is 0 Å². The Balaban J connectivity index is 2.33. The predicted molar refractivity (Wildman–Crippen MR) is 69.1 cm³/mol. The average Bonchev–Trinajstić information content (AvgIpc) is 2.34. The number of aryl methyl sites for hydroxylation is 1. The van der Waals surface area contributed by atoms with Gasteiger partial charge in [0.05, 0.1) is 6.10 Å². The lowest BCUT2D eigenvalue weighted by Crippen LogP contribution is -2.03. The van der Waals surface area contributed by atoms with E-state index in [-0.39, 0.29) is 6.10 Å². The molecule has 0 fully saturated rings. The molecule has 0 spiro atoms. The van der Waals surface area contributed by atoms with E-state index in [0.29, 0.717) is 0 Å². The van der Waals surface area contributed by atoms with Gasteiger partial charge in [0, 0.05) is 0 Å². The number of rotatable bonds is 3. The molecule has 0 heterocycles. The van der Waals surface area contributed by atoms with Crippen LogP contribution in [0.5, 0.6) is 0 Å². The van der Waals surface area contributed by atoms with Crippen LogP contribution in [-0.2, 0) is 4.65 Å². The molecule has 0 bridgehead atoms. The molecule has 0 aliphatic carbocycles. The quantitative estimate of drug-likeness (QED) is 0.707. The number of benzene rings is 2. The van der Waals surface area contributed by atoms with Gasteiger partial charge in [-0.3, -0.25) is 0 Å². The van der Waals surface area contributed by atoms with Crippen molar-refractivity contribution in [1.29, 1.82) is 0 Å². The summed E-state index contributed by atoms with van der Waals surface area (Å²) in [5.41, 5.74) is 3.65. The summed E-state index contributed by atoms with van der Waals surface area (Å²) >= 11 is 0. The third-order valence-corrected chi connectivity index (χ3v) is 2.72. The van der Waals surface area contributed by atoms with Crippen molar-refractivity contribution in [2.45, 2.75) is 13.0 Å². The van der Waals surface area contributed by atoms with Crippen molar-refractivity contribution in [1.82, 2.24) is 0 Å². The van der Waals surface area contributed by atoms with Crippen molar-refractivity contribution in [2.24, 2.45) is 0 Å². The van der Waals surface area contributed by atoms with Crippen LogP contribution in [0, 0.1) is 6.92 Å². The fraction of sp³-hybridized carbons (Fsp3) is 0.143. The second-order valence-electron chi connectivity index (χ2n) is 3.94. The van der Waals surface area contributed by atoms with Crippen LogP contribution in [-0.4, -0.2) is 8.05 Å². The monoisotopic (exact) mass is 210 g/mol. The maximum Gasteiger partial charge on any atom is 0.258 e. The second kappa shape index (κ2) is 5.00. The third-order valence-electron chi connectivity index (χ3n) is 2.72. The summed E-state index contributed by atoms with van der Waals surface area (Å²) < 4.78 is 5.56. The fourth-order valence-corrected chi connectivity index (χ4v) is 1.83. The molecular formula is C14H15BO. The molecular weight excluding hydrogens is 195 g/mol. The summed E-state index contributed by atoms with van der Waals surface area (Å²) in [7, 11) is 1.75. The second-order valence-corrected chi connectivity index (χ2v) is 3.94. The van der Waals surface area contributed by atoms with Gasteiger partial charge in [0.2, 0.25) is 0 Å². The van der Waals surface area contributed by atoms with Crippen LogP contribution in [0.2, 0.25) is 0 Å². The lowest BCUT2D eigenvalue weighted by molar-refractivity contribution is 0.273. The largest absolute Gasteiger partial charge is 0.434 e. The molecule has 2 aromatic rings. The highest BCUT2D eigenvalue weighted by molar-refractivity contribution is 5.98. The Morgan fingerprint density at radius 1 is 0.875 bits per heavy atom. The number of hydrogen-bond acceptors (Lipinski definition) is 1. The van der Waals surface area contributed by atoms with Crippen LogP contribution in [0.25, 0.3) is 0 Å². The van der Waals surface area contributed by atoms with Crippen LogP contribution < -0.4 is 0 Å². The van der Waals surface area contributed by atoms with E-state index in [1.54, 1.807) is 8.05 Å². The molecule has 2 aromatic carbocycles. The average molecular weight is 210 g/mol. The summed E-state index contributed by atoms with van der Waals surface area (Å²) in [6, 6.07) is 18.8. The lowest BCUT2D eigenvalue weighted by atomic mass is 10.00. The van der Waals surface area contributed by atoms with Gasteiger partial charge < -0.3 is 4.65 Å². The van der Waals surface area contributed by atoms with Crippen molar-refractivity contribution in [3.63, 3.8) is 0 Å². The highest BCUT2D eigenvalue weighted by Crippen LogP contribution is 2.24. The van der Waals surface area contributed by atoms with Crippen LogP contribution in [0.15, 0.2) is 54.6 Å². The van der Waals surface area contributed by atoms with Crippen LogP contribution in [0.3, 0.4) is 0 Å². The summed E-state index contributed by atoms with van der Waals surface area (Å²) in [5.74, 6) is 0. The van der Waals surface area contributed by atoms with E-state index in [9.17, 15) is 0 Å². The van der Waals surface area contributed by atoms with E-state index in [1.807, 2.05) is 18.2 Å². The summed E-state index contributed by atoms with van der Waals surface area (Å²) in [4.78, 5) is 0. The minimum atomic E-state index is 0.0294. The van der Waals surface area contributed by atoms with Crippen molar-refractivity contribution >= 4 is 8.05 Å². The van der Waals surface area contributed by atoms with Gasteiger partial charge >= 0.3 is 0 Å². The zero-order valence-corrected chi connectivity index (χ0v) is 9.68. The first-order valence-electron chi connectivity index (χ1n) is 5.45. The molecule has 0 aliphatic rings. The first-order valence-corrected chi connectivity index (χ1v) is 5.45. The molecule has 1 atom stereocenters. The zero-order valence-electron chi connectivity index (χ0n) is 9.68. The van der Waals surface area contributed by atoms with Gasteiger partial charge in [-0.2, -0.15) is 0 Å². The molecule has 1 nitrogen and oxygen atoms in total. The van der Waals surface area contributed by atoms with Crippen LogP contribution in [0.1, 0.15) is 22.8 Å². The smallest absolute Gasteiger partial charge is 0.258 e. The highest BCUT2D eigenvalue weighted by atomic mass is 16.4. The standard InChI is InChI=1S/C14H15BO/c1-11-7-9-13(10-8-11)14(16-15)12-5-3-2-4-6-12/h2-10,14H,15H2,1H3. The van der Waals surface area contributed by atoms with Crippen LogP contribution in [0.4, 0.5) is 0 Å². The predicted octanol–water partition coefficient (Wildman–Crippen LogP) is 2.65. The first-order chi connectivity index (χ1) is 7.81. The Bertz CT molecular complexity index is 436. The first kappa shape index (κ1) is 11.0. The minimum absolute atomic E-state index is 0.0294. The molecule has 2 heteroatoms. The molecule has 0 saturated heterocycles. The SMILES string of the molecule is BOC(c1ccccc1)c1ccc(C)cc1. The van der Waals surface area contributed by atoms with E-state index in [1.165, 1.54) is 16.7 Å². The topological polar surface area (TPSA) is 9.23 Å². The summed E-state index contributed by atoms with van der Waals surface area (Å²) in [6.45, 7) is 2.09. The van der Waals surface area contributed by atoms with E-state index in [4.69, 9.17) is 4.65 Å². The molecule has 16 heavy (non-hydrogen) atoms. The van der Waals surface area contributed by atoms with Gasteiger partial charge in [-0.15, -0.1) is 0 Å². The molecule has 0 aromatic heterocycles. The zero-order chi connectivity index (χ0) is 11.4. The van der Waals surface area contributed by atoms with Gasteiger partial charge in [-0.25, -0.2) is 0 Å². The van der Waals surface area contributed by atoms with E-state index >= 15 is 0 Å². The van der Waals surface area contributed by atoms with Gasteiger partial charge in [-0.05, 0) is 18.1 Å². The van der Waals surface area contributed by atoms with E-state index < -0.39 is 0 Å². The Morgan fingerprint density at radius 2 is 1.44 bits per heavy atom. The molecule has 0 amide bonds. The summed E-state index contributed by atoms with van der Waals surface area (Å²) in [6.07, 6.45) is 0.0294. The molecule has 0 N–H and O–H groups in total. The van der Waals surface area contributed by atoms with Gasteiger partial charge in [0.1, 0.15) is 0 Å². The Morgan fingerprint density at radius 3 is 2.00 bits per heavy atom. The maximum absolute atomic E-state index is 5.56. The van der Waals surface area contributed by atoms with Gasteiger partial charge in [-0.1, -0.05) is 60.2 Å². The molecule has 1 unspecified atom stereocenters. The van der Waals surface area contributed by atoms with Gasteiger partial charge in [0.15, 0.2) is 0 Å². The Hall–Kier alpha value is -1.54. The van der Waals surface area contributed by atoms with Crippen molar-refractivity contribution < 1.29 is 4.65 Å². The highest BCUT2D eigenvalue weighted by Gasteiger charge is 2.11. The molecule has 0 radical (unpaired) electrons. The Kier molecular flexibility index (Phi) is 3.42. The number of hydrogen-bond donors (Lipinski definition) is 0. The van der Waals surface area contributed by atoms with Crippen LogP contribution >= 0.6 is 0 Å². The molecule has 0 aliphatic heterocycles. The van der Waals surface area contributed by atoms with Crippen molar-refractivity contribution in [3.05, 3.63) is 71.3 Å². The minimum Gasteiger partial charge on any atom is -0.434 e. The van der Waals surface area contributed by atoms with E-state index in [2.05, 4.69) is 43.3 Å². The summed E-state index contributed by atoms with van der Waals surface area (Å²) in [5, 5.41) is 0.